The van der Waals surface area contributed by atoms with Gasteiger partial charge in [-0.3, -0.25) is 4.79 Å². The molecule has 0 spiro atoms. The normalized spacial score (nSPS) is 11.5. The third kappa shape index (κ3) is 4.44. The van der Waals surface area contributed by atoms with Gasteiger partial charge in [0.05, 0.1) is 11.9 Å². The van der Waals surface area contributed by atoms with E-state index in [2.05, 4.69) is 20.7 Å². The van der Waals surface area contributed by atoms with Crippen molar-refractivity contribution in [3.8, 4) is 5.82 Å². The number of hydrogen-bond donors (Lipinski definition) is 3. The minimum Gasteiger partial charge on any atom is -0.352 e. The molecule has 0 aliphatic rings. The fourth-order valence-corrected chi connectivity index (χ4v) is 2.46. The molecule has 0 saturated heterocycles. The average Bonchev–Trinajstić information content (AvgIpc) is 3.17. The second-order valence-electron chi connectivity index (χ2n) is 5.60. The van der Waals surface area contributed by atoms with E-state index in [9.17, 15) is 9.59 Å². The number of primary amides is 1. The number of aromatic nitrogens is 3. The monoisotopic (exact) mass is 350 g/mol. The Kier molecular flexibility index (Phi) is 5.23. The third-order valence-electron chi connectivity index (χ3n) is 3.67. The molecule has 3 aromatic rings. The van der Waals surface area contributed by atoms with Gasteiger partial charge in [-0.05, 0) is 23.8 Å². The number of anilines is 1. The minimum absolute atomic E-state index is 0.328. The summed E-state index contributed by atoms with van der Waals surface area (Å²) in [6.07, 6.45) is 5.28. The van der Waals surface area contributed by atoms with Crippen molar-refractivity contribution >= 4 is 17.6 Å². The van der Waals surface area contributed by atoms with Crippen LogP contribution in [-0.4, -0.2) is 32.7 Å². The van der Waals surface area contributed by atoms with E-state index < -0.39 is 12.1 Å². The molecule has 26 heavy (non-hydrogen) atoms. The van der Waals surface area contributed by atoms with Gasteiger partial charge in [-0.15, -0.1) is 0 Å². The molecular weight excluding hydrogens is 332 g/mol. The SMILES string of the molecule is NC(=O)N[C@@H](Cc1ccccc1)C(=O)Nc1ccc(-n2cccn2)nc1. The van der Waals surface area contributed by atoms with Crippen LogP contribution in [-0.2, 0) is 11.2 Å². The van der Waals surface area contributed by atoms with Crippen molar-refractivity contribution < 1.29 is 9.59 Å². The number of rotatable bonds is 6. The van der Waals surface area contributed by atoms with E-state index in [-0.39, 0.29) is 5.91 Å². The molecule has 4 N–H and O–H groups in total. The Bertz CT molecular complexity index is 862. The van der Waals surface area contributed by atoms with E-state index in [0.29, 0.717) is 17.9 Å². The number of amides is 3. The van der Waals surface area contributed by atoms with Gasteiger partial charge in [-0.1, -0.05) is 30.3 Å². The molecule has 132 valence electrons. The summed E-state index contributed by atoms with van der Waals surface area (Å²) in [7, 11) is 0. The summed E-state index contributed by atoms with van der Waals surface area (Å²) in [6.45, 7) is 0. The smallest absolute Gasteiger partial charge is 0.312 e. The van der Waals surface area contributed by atoms with Crippen LogP contribution in [0.2, 0.25) is 0 Å². The maximum atomic E-state index is 12.5. The molecule has 0 aliphatic carbocycles. The van der Waals surface area contributed by atoms with Gasteiger partial charge in [0.25, 0.3) is 0 Å². The highest BCUT2D eigenvalue weighted by atomic mass is 16.2. The second-order valence-corrected chi connectivity index (χ2v) is 5.60. The van der Waals surface area contributed by atoms with Crippen LogP contribution in [0.5, 0.6) is 0 Å². The van der Waals surface area contributed by atoms with Gasteiger partial charge in [0.1, 0.15) is 6.04 Å². The van der Waals surface area contributed by atoms with Crippen LogP contribution in [0.4, 0.5) is 10.5 Å². The van der Waals surface area contributed by atoms with Crippen molar-refractivity contribution in [2.45, 2.75) is 12.5 Å². The molecule has 2 heterocycles. The maximum Gasteiger partial charge on any atom is 0.312 e. The summed E-state index contributed by atoms with van der Waals surface area (Å²) < 4.78 is 1.61. The Hall–Kier alpha value is -3.68. The van der Waals surface area contributed by atoms with Crippen molar-refractivity contribution in [3.05, 3.63) is 72.7 Å². The standard InChI is InChI=1S/C18H18N6O2/c19-18(26)23-15(11-13-5-2-1-3-6-13)17(25)22-14-7-8-16(20-12-14)24-10-4-9-21-24/h1-10,12,15H,11H2,(H,22,25)(H3,19,23,26)/t15-/m0/s1. The van der Waals surface area contributed by atoms with Crippen LogP contribution >= 0.6 is 0 Å². The second kappa shape index (κ2) is 7.93. The van der Waals surface area contributed by atoms with E-state index in [0.717, 1.165) is 5.56 Å². The van der Waals surface area contributed by atoms with E-state index in [1.807, 2.05) is 30.3 Å². The minimum atomic E-state index is -0.791. The molecule has 8 nitrogen and oxygen atoms in total. The molecule has 3 amide bonds. The van der Waals surface area contributed by atoms with Gasteiger partial charge in [0.2, 0.25) is 5.91 Å². The summed E-state index contributed by atoms with van der Waals surface area (Å²) in [5.74, 6) is 0.255. The van der Waals surface area contributed by atoms with Crippen molar-refractivity contribution in [2.75, 3.05) is 5.32 Å². The number of carbonyl (C=O) groups excluding carboxylic acids is 2. The lowest BCUT2D eigenvalue weighted by Crippen LogP contribution is -2.47. The Morgan fingerprint density at radius 3 is 2.54 bits per heavy atom. The Labute approximate surface area is 150 Å². The predicted octanol–water partition coefficient (Wildman–Crippen LogP) is 1.49. The highest BCUT2D eigenvalue weighted by Gasteiger charge is 2.20. The van der Waals surface area contributed by atoms with Gasteiger partial charge in [-0.2, -0.15) is 5.10 Å². The molecule has 8 heteroatoms. The Morgan fingerprint density at radius 1 is 1.12 bits per heavy atom. The number of pyridine rings is 1. The number of benzene rings is 1. The van der Waals surface area contributed by atoms with Crippen LogP contribution < -0.4 is 16.4 Å². The van der Waals surface area contributed by atoms with Crippen LogP contribution in [0.1, 0.15) is 5.56 Å². The molecule has 0 unspecified atom stereocenters. The highest BCUT2D eigenvalue weighted by Crippen LogP contribution is 2.11. The summed E-state index contributed by atoms with van der Waals surface area (Å²) >= 11 is 0. The fourth-order valence-electron chi connectivity index (χ4n) is 2.46. The molecule has 0 radical (unpaired) electrons. The lowest BCUT2D eigenvalue weighted by molar-refractivity contribution is -0.117. The molecule has 1 aromatic carbocycles. The van der Waals surface area contributed by atoms with E-state index in [1.165, 1.54) is 6.20 Å². The average molecular weight is 350 g/mol. The van der Waals surface area contributed by atoms with Crippen LogP contribution in [0.15, 0.2) is 67.1 Å². The molecule has 0 bridgehead atoms. The first-order chi connectivity index (χ1) is 12.6. The predicted molar refractivity (Wildman–Crippen MR) is 96.6 cm³/mol. The van der Waals surface area contributed by atoms with Gasteiger partial charge in [-0.25, -0.2) is 14.5 Å². The zero-order chi connectivity index (χ0) is 18.4. The topological polar surface area (TPSA) is 115 Å². The van der Waals surface area contributed by atoms with E-state index >= 15 is 0 Å². The molecule has 0 fully saturated rings. The molecule has 2 aromatic heterocycles. The quantitative estimate of drug-likeness (QED) is 0.624. The first-order valence-corrected chi connectivity index (χ1v) is 7.98. The zero-order valence-electron chi connectivity index (χ0n) is 13.9. The van der Waals surface area contributed by atoms with E-state index in [1.54, 1.807) is 35.3 Å². The highest BCUT2D eigenvalue weighted by molar-refractivity contribution is 5.97. The van der Waals surface area contributed by atoms with Crippen LogP contribution in [0.3, 0.4) is 0 Å². The van der Waals surface area contributed by atoms with Crippen LogP contribution in [0.25, 0.3) is 5.82 Å². The van der Waals surface area contributed by atoms with Crippen molar-refractivity contribution in [1.29, 1.82) is 0 Å². The fraction of sp³-hybridized carbons (Fsp3) is 0.111. The molecule has 3 rings (SSSR count). The largest absolute Gasteiger partial charge is 0.352 e. The van der Waals surface area contributed by atoms with Crippen LogP contribution in [0, 0.1) is 0 Å². The Balaban J connectivity index is 1.69. The first-order valence-electron chi connectivity index (χ1n) is 7.98. The molecule has 1 atom stereocenters. The number of carbonyl (C=O) groups is 2. The zero-order valence-corrected chi connectivity index (χ0v) is 13.9. The summed E-state index contributed by atoms with van der Waals surface area (Å²) in [6, 6.07) is 13.1. The summed E-state index contributed by atoms with van der Waals surface area (Å²) in [4.78, 5) is 28.0. The van der Waals surface area contributed by atoms with Crippen molar-refractivity contribution in [2.24, 2.45) is 5.73 Å². The number of nitrogens with one attached hydrogen (secondary N) is 2. The number of urea groups is 1. The molecule has 0 saturated carbocycles. The van der Waals surface area contributed by atoms with E-state index in [4.69, 9.17) is 5.73 Å². The number of nitrogens with zero attached hydrogens (tertiary/aromatic N) is 3. The Morgan fingerprint density at radius 2 is 1.92 bits per heavy atom. The first kappa shape index (κ1) is 17.2. The van der Waals surface area contributed by atoms with Gasteiger partial charge < -0.3 is 16.4 Å². The van der Waals surface area contributed by atoms with Crippen molar-refractivity contribution in [3.63, 3.8) is 0 Å². The number of hydrogen-bond acceptors (Lipinski definition) is 4. The maximum absolute atomic E-state index is 12.5. The molecular formula is C18H18N6O2. The van der Waals surface area contributed by atoms with Gasteiger partial charge in [0, 0.05) is 18.8 Å². The lowest BCUT2D eigenvalue weighted by atomic mass is 10.1. The lowest BCUT2D eigenvalue weighted by Gasteiger charge is -2.17. The number of nitrogens with two attached hydrogens (primary N) is 1. The molecule has 0 aliphatic heterocycles. The summed E-state index contributed by atoms with van der Waals surface area (Å²) in [5, 5.41) is 9.30. The van der Waals surface area contributed by atoms with Crippen molar-refractivity contribution in [1.82, 2.24) is 20.1 Å². The van der Waals surface area contributed by atoms with Gasteiger partial charge >= 0.3 is 6.03 Å². The summed E-state index contributed by atoms with van der Waals surface area (Å²) in [5.41, 5.74) is 6.62. The van der Waals surface area contributed by atoms with Gasteiger partial charge in [0.15, 0.2) is 5.82 Å². The third-order valence-corrected chi connectivity index (χ3v) is 3.67.